The molecule has 0 bridgehead atoms. The summed E-state index contributed by atoms with van der Waals surface area (Å²) in [4.78, 5) is 15.2. The Morgan fingerprint density at radius 3 is 2.22 bits per heavy atom. The summed E-state index contributed by atoms with van der Waals surface area (Å²) < 4.78 is 8.25. The van der Waals surface area contributed by atoms with Gasteiger partial charge in [0.1, 0.15) is 0 Å². The van der Waals surface area contributed by atoms with Crippen LogP contribution < -0.4 is 4.74 Å². The molecule has 0 atom stereocenters. The topological polar surface area (TPSA) is 64.3 Å². The van der Waals surface area contributed by atoms with Gasteiger partial charge in [0.2, 0.25) is 5.88 Å². The van der Waals surface area contributed by atoms with E-state index in [-0.39, 0.29) is 11.6 Å². The summed E-state index contributed by atoms with van der Waals surface area (Å²) >= 11 is 6.44. The van der Waals surface area contributed by atoms with Crippen LogP contribution in [0.2, 0.25) is 5.02 Å². The van der Waals surface area contributed by atoms with Crippen LogP contribution in [0, 0.1) is 6.92 Å². The molecule has 0 saturated heterocycles. The Morgan fingerprint density at radius 1 is 0.972 bits per heavy atom. The van der Waals surface area contributed by atoms with Gasteiger partial charge < -0.3 is 14.4 Å². The van der Waals surface area contributed by atoms with Gasteiger partial charge in [-0.25, -0.2) is 9.78 Å². The predicted octanol–water partition coefficient (Wildman–Crippen LogP) is 6.96. The second-order valence-electron chi connectivity index (χ2n) is 8.61. The van der Waals surface area contributed by atoms with Crippen LogP contribution >= 0.6 is 11.6 Å². The molecule has 0 aliphatic carbocycles. The third kappa shape index (κ3) is 4.70. The van der Waals surface area contributed by atoms with Gasteiger partial charge in [-0.05, 0) is 47.9 Å². The molecular weight excluding hydrogens is 472 g/mol. The first-order valence-electron chi connectivity index (χ1n) is 11.7. The van der Waals surface area contributed by atoms with Crippen molar-refractivity contribution in [3.05, 3.63) is 130 Å². The number of carboxylic acids is 1. The van der Waals surface area contributed by atoms with Gasteiger partial charge in [0.05, 0.1) is 18.2 Å². The first-order valence-corrected chi connectivity index (χ1v) is 12.1. The van der Waals surface area contributed by atoms with E-state index in [0.717, 1.165) is 22.2 Å². The van der Waals surface area contributed by atoms with Crippen molar-refractivity contribution in [1.82, 2.24) is 9.55 Å². The SMILES string of the molecule is Cc1c(CCOc2ccc(C(=O)O)cn2)c2cc(Cl)ccc2n1C(c1ccccc1)c1ccccc1. The Hall–Kier alpha value is -4.09. The molecular formula is C30H25ClN2O3. The highest BCUT2D eigenvalue weighted by Crippen LogP contribution is 2.37. The molecule has 2 aromatic heterocycles. The zero-order valence-corrected chi connectivity index (χ0v) is 20.5. The highest BCUT2D eigenvalue weighted by molar-refractivity contribution is 6.31. The number of hydrogen-bond donors (Lipinski definition) is 1. The molecule has 0 fully saturated rings. The van der Waals surface area contributed by atoms with Gasteiger partial charge in [0, 0.05) is 40.3 Å². The molecule has 0 amide bonds. The Morgan fingerprint density at radius 2 is 1.64 bits per heavy atom. The molecule has 180 valence electrons. The van der Waals surface area contributed by atoms with Gasteiger partial charge in [0.15, 0.2) is 0 Å². The zero-order chi connectivity index (χ0) is 25.1. The number of ether oxygens (including phenoxy) is 1. The van der Waals surface area contributed by atoms with E-state index < -0.39 is 5.97 Å². The minimum Gasteiger partial charge on any atom is -0.478 e. The standard InChI is InChI=1S/C30H25ClN2O3/c1-20-25(16-17-36-28-15-12-23(19-32-28)30(34)35)26-18-24(31)13-14-27(26)33(20)29(21-8-4-2-5-9-21)22-10-6-3-7-11-22/h2-15,18-19,29H,16-17H2,1H3,(H,34,35). The van der Waals surface area contributed by atoms with Crippen molar-refractivity contribution in [2.45, 2.75) is 19.4 Å². The number of carboxylic acid groups (broad SMARTS) is 1. The minimum atomic E-state index is -1.01. The Labute approximate surface area is 214 Å². The van der Waals surface area contributed by atoms with E-state index in [9.17, 15) is 4.79 Å². The first kappa shape index (κ1) is 23.6. The lowest BCUT2D eigenvalue weighted by Gasteiger charge is -2.23. The monoisotopic (exact) mass is 496 g/mol. The third-order valence-corrected chi connectivity index (χ3v) is 6.65. The molecule has 1 N–H and O–H groups in total. The summed E-state index contributed by atoms with van der Waals surface area (Å²) in [5.41, 5.74) is 5.93. The van der Waals surface area contributed by atoms with Crippen molar-refractivity contribution in [3.63, 3.8) is 0 Å². The van der Waals surface area contributed by atoms with Crippen LogP contribution in [0.1, 0.15) is 38.8 Å². The van der Waals surface area contributed by atoms with Gasteiger partial charge in [-0.2, -0.15) is 0 Å². The average molecular weight is 497 g/mol. The van der Waals surface area contributed by atoms with E-state index in [1.165, 1.54) is 23.4 Å². The van der Waals surface area contributed by atoms with Crippen LogP contribution in [0.5, 0.6) is 5.88 Å². The predicted molar refractivity (Wildman–Crippen MR) is 142 cm³/mol. The molecule has 2 heterocycles. The molecule has 5 rings (SSSR count). The number of aromatic nitrogens is 2. The quantitative estimate of drug-likeness (QED) is 0.252. The Bertz CT molecular complexity index is 1460. The van der Waals surface area contributed by atoms with E-state index in [1.54, 1.807) is 6.07 Å². The number of aromatic carboxylic acids is 1. The zero-order valence-electron chi connectivity index (χ0n) is 19.8. The van der Waals surface area contributed by atoms with Crippen molar-refractivity contribution < 1.29 is 14.6 Å². The molecule has 6 heteroatoms. The lowest BCUT2D eigenvalue weighted by molar-refractivity contribution is 0.0696. The van der Waals surface area contributed by atoms with Crippen molar-refractivity contribution in [1.29, 1.82) is 0 Å². The highest BCUT2D eigenvalue weighted by Gasteiger charge is 2.23. The number of rotatable bonds is 8. The van der Waals surface area contributed by atoms with Gasteiger partial charge in [0.25, 0.3) is 0 Å². The largest absolute Gasteiger partial charge is 0.478 e. The normalized spacial score (nSPS) is 11.2. The molecule has 0 saturated carbocycles. The Balaban J connectivity index is 1.54. The van der Waals surface area contributed by atoms with E-state index >= 15 is 0 Å². The molecule has 0 spiro atoms. The molecule has 0 unspecified atom stereocenters. The number of fused-ring (bicyclic) bond motifs is 1. The van der Waals surface area contributed by atoms with Crippen LogP contribution in [0.15, 0.2) is 97.2 Å². The summed E-state index contributed by atoms with van der Waals surface area (Å²) in [6.45, 7) is 2.54. The number of nitrogens with zero attached hydrogens (tertiary/aromatic N) is 2. The fraction of sp³-hybridized carbons (Fsp3) is 0.133. The number of benzene rings is 3. The summed E-state index contributed by atoms with van der Waals surface area (Å²) in [5.74, 6) is -0.619. The van der Waals surface area contributed by atoms with Gasteiger partial charge in [-0.1, -0.05) is 72.3 Å². The molecule has 0 radical (unpaired) electrons. The molecule has 3 aromatic carbocycles. The summed E-state index contributed by atoms with van der Waals surface area (Å²) in [6, 6.07) is 30.1. The number of halogens is 1. The van der Waals surface area contributed by atoms with Crippen molar-refractivity contribution in [3.8, 4) is 5.88 Å². The third-order valence-electron chi connectivity index (χ3n) is 6.42. The summed E-state index contributed by atoms with van der Waals surface area (Å²) in [5, 5.41) is 10.8. The Kier molecular flexibility index (Phi) is 6.74. The first-order chi connectivity index (χ1) is 17.5. The molecule has 0 aliphatic rings. The van der Waals surface area contributed by atoms with E-state index in [2.05, 4.69) is 71.1 Å². The van der Waals surface area contributed by atoms with Crippen LogP contribution in [0.25, 0.3) is 10.9 Å². The van der Waals surface area contributed by atoms with E-state index in [4.69, 9.17) is 21.4 Å². The van der Waals surface area contributed by atoms with Crippen molar-refractivity contribution in [2.75, 3.05) is 6.61 Å². The van der Waals surface area contributed by atoms with Gasteiger partial charge in [-0.3, -0.25) is 0 Å². The second kappa shape index (κ2) is 10.3. The molecule has 0 aliphatic heterocycles. The van der Waals surface area contributed by atoms with Crippen LogP contribution in [0.4, 0.5) is 0 Å². The lowest BCUT2D eigenvalue weighted by atomic mass is 9.98. The molecule has 36 heavy (non-hydrogen) atoms. The van der Waals surface area contributed by atoms with Gasteiger partial charge >= 0.3 is 5.97 Å². The lowest BCUT2D eigenvalue weighted by Crippen LogP contribution is -2.14. The number of hydrogen-bond acceptors (Lipinski definition) is 3. The van der Waals surface area contributed by atoms with E-state index in [1.807, 2.05) is 24.3 Å². The average Bonchev–Trinajstić information content (AvgIpc) is 3.16. The van der Waals surface area contributed by atoms with E-state index in [0.29, 0.717) is 23.9 Å². The summed E-state index contributed by atoms with van der Waals surface area (Å²) in [7, 11) is 0. The van der Waals surface area contributed by atoms with Crippen molar-refractivity contribution >= 4 is 28.5 Å². The maximum absolute atomic E-state index is 11.1. The second-order valence-corrected chi connectivity index (χ2v) is 9.04. The van der Waals surface area contributed by atoms with Gasteiger partial charge in [-0.15, -0.1) is 0 Å². The van der Waals surface area contributed by atoms with Crippen LogP contribution in [0.3, 0.4) is 0 Å². The smallest absolute Gasteiger partial charge is 0.337 e. The number of carbonyl (C=O) groups is 1. The number of pyridine rings is 1. The van der Waals surface area contributed by atoms with Crippen LogP contribution in [-0.2, 0) is 6.42 Å². The fourth-order valence-electron chi connectivity index (χ4n) is 4.74. The maximum Gasteiger partial charge on any atom is 0.337 e. The molecule has 5 nitrogen and oxygen atoms in total. The fourth-order valence-corrected chi connectivity index (χ4v) is 4.91. The minimum absolute atomic E-state index is 0.00373. The highest BCUT2D eigenvalue weighted by atomic mass is 35.5. The maximum atomic E-state index is 11.1. The van der Waals surface area contributed by atoms with Crippen molar-refractivity contribution in [2.24, 2.45) is 0 Å². The van der Waals surface area contributed by atoms with Crippen LogP contribution in [-0.4, -0.2) is 27.2 Å². The summed E-state index contributed by atoms with van der Waals surface area (Å²) in [6.07, 6.45) is 1.95. The molecule has 5 aromatic rings.